The van der Waals surface area contributed by atoms with E-state index in [1.165, 1.54) is 11.8 Å². The lowest BCUT2D eigenvalue weighted by atomic mass is 10.2. The van der Waals surface area contributed by atoms with Crippen LogP contribution in [-0.2, 0) is 4.79 Å². The zero-order valence-electron chi connectivity index (χ0n) is 18.0. The molecule has 1 N–H and O–H groups in total. The van der Waals surface area contributed by atoms with Gasteiger partial charge in [0.1, 0.15) is 9.93 Å². The molecule has 0 spiro atoms. The SMILES string of the molecule is C=CCN1/C(=C2\SC(=Nc3cc(C#N)ccc3NCC)N(CC)C2=O)Sc2ccccc21. The number of carbonyl (C=O) groups is 1. The van der Waals surface area contributed by atoms with Crippen molar-refractivity contribution in [1.82, 2.24) is 4.90 Å². The summed E-state index contributed by atoms with van der Waals surface area (Å²) in [4.78, 5) is 23.8. The van der Waals surface area contributed by atoms with Gasteiger partial charge in [0.25, 0.3) is 5.91 Å². The first-order chi connectivity index (χ1) is 15.6. The molecule has 1 fully saturated rings. The highest BCUT2D eigenvalue weighted by Crippen LogP contribution is 2.50. The van der Waals surface area contributed by atoms with Gasteiger partial charge in [-0.2, -0.15) is 5.26 Å². The number of hydrogen-bond acceptors (Lipinski definition) is 7. The summed E-state index contributed by atoms with van der Waals surface area (Å²) in [6.45, 7) is 9.69. The molecule has 1 amide bonds. The summed E-state index contributed by atoms with van der Waals surface area (Å²) in [5.41, 5.74) is 3.09. The number of aliphatic imine (C=N–C) groups is 1. The number of fused-ring (bicyclic) bond motifs is 1. The van der Waals surface area contributed by atoms with E-state index in [0.717, 1.165) is 27.8 Å². The number of nitriles is 1. The second kappa shape index (κ2) is 9.55. The first-order valence-corrected chi connectivity index (χ1v) is 12.0. The molecule has 2 heterocycles. The van der Waals surface area contributed by atoms with Crippen LogP contribution < -0.4 is 10.2 Å². The van der Waals surface area contributed by atoms with Crippen LogP contribution in [0.1, 0.15) is 19.4 Å². The maximum absolute atomic E-state index is 13.4. The van der Waals surface area contributed by atoms with Crippen LogP contribution in [0.25, 0.3) is 0 Å². The average molecular weight is 462 g/mol. The Morgan fingerprint density at radius 2 is 2.00 bits per heavy atom. The fourth-order valence-corrected chi connectivity index (χ4v) is 5.94. The van der Waals surface area contributed by atoms with Gasteiger partial charge in [-0.25, -0.2) is 4.99 Å². The largest absolute Gasteiger partial charge is 0.384 e. The lowest BCUT2D eigenvalue weighted by molar-refractivity contribution is -0.122. The van der Waals surface area contributed by atoms with Crippen molar-refractivity contribution in [3.05, 3.63) is 70.6 Å². The number of carbonyl (C=O) groups excluding carboxylic acids is 1. The van der Waals surface area contributed by atoms with Gasteiger partial charge in [0.15, 0.2) is 5.17 Å². The summed E-state index contributed by atoms with van der Waals surface area (Å²) in [7, 11) is 0. The molecule has 4 rings (SSSR count). The van der Waals surface area contributed by atoms with E-state index >= 15 is 0 Å². The van der Waals surface area contributed by atoms with Crippen LogP contribution in [0.3, 0.4) is 0 Å². The zero-order valence-corrected chi connectivity index (χ0v) is 19.6. The van der Waals surface area contributed by atoms with Gasteiger partial charge in [0.2, 0.25) is 0 Å². The van der Waals surface area contributed by atoms with Crippen LogP contribution in [0.5, 0.6) is 0 Å². The zero-order chi connectivity index (χ0) is 22.7. The lowest BCUT2D eigenvalue weighted by Crippen LogP contribution is -2.29. The minimum absolute atomic E-state index is 0.0537. The molecular weight excluding hydrogens is 438 g/mol. The molecule has 162 valence electrons. The standard InChI is InChI=1S/C24H23N5OS2/c1-4-13-29-19-9-7-8-10-20(19)31-23(29)21-22(30)28(6-3)24(32-21)27-18-14-16(15-25)11-12-17(18)26-5-2/h4,7-12,14,26H,1,5-6,13H2,2-3H3/b23-21+,27-24?. The van der Waals surface area contributed by atoms with Crippen molar-refractivity contribution in [2.75, 3.05) is 29.9 Å². The summed E-state index contributed by atoms with van der Waals surface area (Å²) in [5, 5.41) is 14.1. The van der Waals surface area contributed by atoms with Gasteiger partial charge >= 0.3 is 0 Å². The van der Waals surface area contributed by atoms with Crippen molar-refractivity contribution < 1.29 is 4.79 Å². The Morgan fingerprint density at radius 1 is 1.19 bits per heavy atom. The Balaban J connectivity index is 1.78. The third-order valence-electron chi connectivity index (χ3n) is 5.00. The van der Waals surface area contributed by atoms with Gasteiger partial charge < -0.3 is 10.2 Å². The number of anilines is 2. The van der Waals surface area contributed by atoms with Gasteiger partial charge in [-0.05, 0) is 55.9 Å². The van der Waals surface area contributed by atoms with Crippen molar-refractivity contribution in [3.63, 3.8) is 0 Å². The Morgan fingerprint density at radius 3 is 2.72 bits per heavy atom. The Labute approximate surface area is 196 Å². The van der Waals surface area contributed by atoms with Gasteiger partial charge in [0.05, 0.1) is 28.7 Å². The molecule has 2 aromatic rings. The molecule has 0 aliphatic carbocycles. The molecule has 2 aromatic carbocycles. The summed E-state index contributed by atoms with van der Waals surface area (Å²) in [6, 6.07) is 15.7. The van der Waals surface area contributed by atoms with Gasteiger partial charge in [-0.1, -0.05) is 30.0 Å². The molecule has 0 unspecified atom stereocenters. The third kappa shape index (κ3) is 4.01. The summed E-state index contributed by atoms with van der Waals surface area (Å²) < 4.78 is 0. The van der Waals surface area contributed by atoms with E-state index in [4.69, 9.17) is 4.99 Å². The predicted octanol–water partition coefficient (Wildman–Crippen LogP) is 5.54. The molecule has 2 aliphatic rings. The molecule has 0 radical (unpaired) electrons. The van der Waals surface area contributed by atoms with E-state index in [0.29, 0.717) is 34.4 Å². The quantitative estimate of drug-likeness (QED) is 0.450. The minimum Gasteiger partial charge on any atom is -0.384 e. The van der Waals surface area contributed by atoms with Crippen molar-refractivity contribution in [3.8, 4) is 6.07 Å². The van der Waals surface area contributed by atoms with Crippen LogP contribution >= 0.6 is 23.5 Å². The number of nitrogens with one attached hydrogen (secondary N) is 1. The number of amides is 1. The molecule has 0 atom stereocenters. The molecule has 1 saturated heterocycles. The van der Waals surface area contributed by atoms with Gasteiger partial charge in [-0.3, -0.25) is 9.69 Å². The van der Waals surface area contributed by atoms with E-state index in [1.54, 1.807) is 28.8 Å². The number of benzene rings is 2. The van der Waals surface area contributed by atoms with Crippen LogP contribution in [-0.4, -0.2) is 35.6 Å². The third-order valence-corrected chi connectivity index (χ3v) is 7.38. The Kier molecular flexibility index (Phi) is 6.58. The number of rotatable bonds is 6. The van der Waals surface area contributed by atoms with Crippen molar-refractivity contribution in [2.45, 2.75) is 18.7 Å². The summed E-state index contributed by atoms with van der Waals surface area (Å²) in [5.74, 6) is -0.0537. The highest BCUT2D eigenvalue weighted by molar-refractivity contribution is 8.19. The lowest BCUT2D eigenvalue weighted by Gasteiger charge is -2.19. The van der Waals surface area contributed by atoms with Crippen LogP contribution in [0.4, 0.5) is 17.1 Å². The fraction of sp³-hybridized carbons (Fsp3) is 0.208. The predicted molar refractivity (Wildman–Crippen MR) is 134 cm³/mol. The second-order valence-corrected chi connectivity index (χ2v) is 9.03. The van der Waals surface area contributed by atoms with E-state index in [1.807, 2.05) is 38.1 Å². The minimum atomic E-state index is -0.0537. The fourth-order valence-electron chi connectivity index (χ4n) is 3.55. The maximum Gasteiger partial charge on any atom is 0.269 e. The molecule has 0 aromatic heterocycles. The van der Waals surface area contributed by atoms with E-state index in [2.05, 4.69) is 35.0 Å². The number of likely N-dealkylation sites (N-methyl/N-ethyl adjacent to an activating group) is 1. The van der Waals surface area contributed by atoms with E-state index in [9.17, 15) is 10.1 Å². The average Bonchev–Trinajstić information content (AvgIpc) is 3.32. The topological polar surface area (TPSA) is 71.7 Å². The molecule has 0 bridgehead atoms. The second-order valence-electron chi connectivity index (χ2n) is 7.02. The van der Waals surface area contributed by atoms with Crippen LogP contribution in [0.2, 0.25) is 0 Å². The molecule has 8 heteroatoms. The highest BCUT2D eigenvalue weighted by Gasteiger charge is 2.39. The molecule has 32 heavy (non-hydrogen) atoms. The van der Waals surface area contributed by atoms with E-state index in [-0.39, 0.29) is 5.91 Å². The molecule has 2 aliphatic heterocycles. The number of para-hydroxylation sites is 1. The summed E-state index contributed by atoms with van der Waals surface area (Å²) in [6.07, 6.45) is 1.84. The molecule has 0 saturated carbocycles. The Hall–Kier alpha value is -3.15. The van der Waals surface area contributed by atoms with Gasteiger partial charge in [-0.15, -0.1) is 6.58 Å². The van der Waals surface area contributed by atoms with Crippen LogP contribution in [0.15, 0.2) is 74.9 Å². The van der Waals surface area contributed by atoms with Crippen LogP contribution in [0, 0.1) is 11.3 Å². The van der Waals surface area contributed by atoms with Crippen molar-refractivity contribution >= 4 is 51.7 Å². The van der Waals surface area contributed by atoms with E-state index < -0.39 is 0 Å². The molecule has 6 nitrogen and oxygen atoms in total. The molecular formula is C24H23N5OS2. The number of thioether (sulfide) groups is 2. The van der Waals surface area contributed by atoms with Gasteiger partial charge in [0, 0.05) is 24.5 Å². The monoisotopic (exact) mass is 461 g/mol. The number of hydrogen-bond donors (Lipinski definition) is 1. The smallest absolute Gasteiger partial charge is 0.269 e. The highest BCUT2D eigenvalue weighted by atomic mass is 32.2. The normalized spacial score (nSPS) is 18.8. The first-order valence-electron chi connectivity index (χ1n) is 10.4. The van der Waals surface area contributed by atoms with Crippen molar-refractivity contribution in [1.29, 1.82) is 5.26 Å². The van der Waals surface area contributed by atoms with Crippen molar-refractivity contribution in [2.24, 2.45) is 4.99 Å². The number of amidine groups is 1. The first kappa shape index (κ1) is 22.1. The summed E-state index contributed by atoms with van der Waals surface area (Å²) >= 11 is 2.99. The number of nitrogens with zero attached hydrogens (tertiary/aromatic N) is 4. The maximum atomic E-state index is 13.4. The Bertz CT molecular complexity index is 1180.